The summed E-state index contributed by atoms with van der Waals surface area (Å²) in [7, 11) is 0. The number of aliphatic hydroxyl groups excluding tert-OH is 1. The maximum atomic E-state index is 13.1. The number of aryl methyl sites for hydroxylation is 2. The molecule has 1 aromatic carbocycles. The van der Waals surface area contributed by atoms with Crippen molar-refractivity contribution >= 4 is 28.7 Å². The molecule has 1 unspecified atom stereocenters. The molecule has 6 heteroatoms. The molecule has 0 saturated carbocycles. The van der Waals surface area contributed by atoms with Crippen molar-refractivity contribution in [3.8, 4) is 0 Å². The maximum Gasteiger partial charge on any atom is 0.294 e. The third-order valence-electron chi connectivity index (χ3n) is 4.99. The van der Waals surface area contributed by atoms with Gasteiger partial charge >= 0.3 is 0 Å². The number of ketones is 1. The summed E-state index contributed by atoms with van der Waals surface area (Å²) in [6, 6.07) is 11.9. The van der Waals surface area contributed by atoms with Gasteiger partial charge in [-0.2, -0.15) is 0 Å². The van der Waals surface area contributed by atoms with Crippen LogP contribution in [0.1, 0.15) is 32.4 Å². The highest BCUT2D eigenvalue weighted by atomic mass is 32.1. The van der Waals surface area contributed by atoms with E-state index in [1.807, 2.05) is 32.0 Å². The average molecular weight is 390 g/mol. The lowest BCUT2D eigenvalue weighted by molar-refractivity contribution is -0.117. The summed E-state index contributed by atoms with van der Waals surface area (Å²) in [5.41, 5.74) is 3.57. The van der Waals surface area contributed by atoms with Crippen LogP contribution >= 0.6 is 11.3 Å². The zero-order valence-corrected chi connectivity index (χ0v) is 16.2. The number of nitrogens with zero attached hydrogens (tertiary/aromatic N) is 2. The number of rotatable bonds is 4. The van der Waals surface area contributed by atoms with Crippen LogP contribution in [0.2, 0.25) is 0 Å². The van der Waals surface area contributed by atoms with Crippen molar-refractivity contribution in [3.05, 3.63) is 93.1 Å². The number of thiophene rings is 1. The summed E-state index contributed by atoms with van der Waals surface area (Å²) < 4.78 is 0. The number of aliphatic hydroxyl groups is 1. The quantitative estimate of drug-likeness (QED) is 0.664. The zero-order chi connectivity index (χ0) is 19.8. The molecule has 0 spiro atoms. The average Bonchev–Trinajstić information content (AvgIpc) is 3.32. The van der Waals surface area contributed by atoms with E-state index in [9.17, 15) is 14.7 Å². The van der Waals surface area contributed by atoms with E-state index in [-0.39, 0.29) is 11.4 Å². The first kappa shape index (κ1) is 18.1. The summed E-state index contributed by atoms with van der Waals surface area (Å²) in [6.07, 6.45) is 3.22. The number of pyridine rings is 1. The summed E-state index contributed by atoms with van der Waals surface area (Å²) in [6.45, 7) is 3.96. The van der Waals surface area contributed by atoms with Crippen LogP contribution in [-0.2, 0) is 4.79 Å². The normalized spacial score (nSPS) is 16.7. The second kappa shape index (κ2) is 7.05. The molecule has 1 N–H and O–H groups in total. The van der Waals surface area contributed by atoms with Crippen molar-refractivity contribution in [3.63, 3.8) is 0 Å². The SMILES string of the molecule is Cc1ccc(N2C(=O)C(O)=C(C(=O)c3cccs3)C2c2ccncc2)cc1C. The number of Topliss-reactive ketones (excluding diaryl/α,β-unsaturated/α-hetero) is 1. The van der Waals surface area contributed by atoms with Crippen molar-refractivity contribution in [1.29, 1.82) is 0 Å². The Hall–Kier alpha value is -3.25. The van der Waals surface area contributed by atoms with Gasteiger partial charge in [-0.15, -0.1) is 11.3 Å². The highest BCUT2D eigenvalue weighted by Crippen LogP contribution is 2.42. The smallest absolute Gasteiger partial charge is 0.294 e. The van der Waals surface area contributed by atoms with Crippen molar-refractivity contribution in [2.45, 2.75) is 19.9 Å². The summed E-state index contributed by atoms with van der Waals surface area (Å²) >= 11 is 1.28. The molecular weight excluding hydrogens is 372 g/mol. The number of anilines is 1. The van der Waals surface area contributed by atoms with Crippen molar-refractivity contribution < 1.29 is 14.7 Å². The van der Waals surface area contributed by atoms with E-state index in [0.29, 0.717) is 16.1 Å². The molecule has 1 amide bonds. The summed E-state index contributed by atoms with van der Waals surface area (Å²) in [5.74, 6) is -1.42. The third-order valence-corrected chi connectivity index (χ3v) is 5.86. The lowest BCUT2D eigenvalue weighted by Crippen LogP contribution is -2.31. The van der Waals surface area contributed by atoms with E-state index in [1.165, 1.54) is 16.2 Å². The van der Waals surface area contributed by atoms with E-state index in [1.54, 1.807) is 42.0 Å². The molecular formula is C22H18N2O3S. The van der Waals surface area contributed by atoms with Gasteiger partial charge in [0.1, 0.15) is 0 Å². The van der Waals surface area contributed by atoms with Crippen LogP contribution in [0.15, 0.2) is 71.6 Å². The molecule has 3 heterocycles. The predicted octanol–water partition coefficient (Wildman–Crippen LogP) is 4.54. The molecule has 3 aromatic rings. The van der Waals surface area contributed by atoms with Gasteiger partial charge in [-0.05, 0) is 66.2 Å². The van der Waals surface area contributed by atoms with E-state index in [2.05, 4.69) is 4.98 Å². The van der Waals surface area contributed by atoms with Crippen LogP contribution in [0.25, 0.3) is 0 Å². The van der Waals surface area contributed by atoms with Crippen LogP contribution < -0.4 is 4.90 Å². The number of carbonyl (C=O) groups is 2. The molecule has 140 valence electrons. The molecule has 0 radical (unpaired) electrons. The standard InChI is InChI=1S/C22H18N2O3S/c1-13-5-6-16(12-14(13)2)24-19(15-7-9-23-10-8-15)18(21(26)22(24)27)20(25)17-4-3-11-28-17/h3-12,19,26H,1-2H3. The molecule has 4 rings (SSSR count). The van der Waals surface area contributed by atoms with Gasteiger partial charge in [-0.3, -0.25) is 19.5 Å². The van der Waals surface area contributed by atoms with Crippen LogP contribution in [-0.4, -0.2) is 21.8 Å². The van der Waals surface area contributed by atoms with Gasteiger partial charge in [0.05, 0.1) is 16.5 Å². The summed E-state index contributed by atoms with van der Waals surface area (Å²) in [4.78, 5) is 32.2. The van der Waals surface area contributed by atoms with Crippen LogP contribution in [0.5, 0.6) is 0 Å². The van der Waals surface area contributed by atoms with Crippen LogP contribution in [0.4, 0.5) is 5.69 Å². The Morgan fingerprint density at radius 1 is 1.11 bits per heavy atom. The first-order valence-corrected chi connectivity index (χ1v) is 9.69. The second-order valence-electron chi connectivity index (χ2n) is 6.70. The minimum absolute atomic E-state index is 0.0943. The second-order valence-corrected chi connectivity index (χ2v) is 7.64. The Morgan fingerprint density at radius 3 is 2.50 bits per heavy atom. The molecule has 28 heavy (non-hydrogen) atoms. The minimum atomic E-state index is -0.716. The lowest BCUT2D eigenvalue weighted by atomic mass is 9.95. The van der Waals surface area contributed by atoms with Gasteiger partial charge in [-0.1, -0.05) is 12.1 Å². The van der Waals surface area contributed by atoms with Gasteiger partial charge in [-0.25, -0.2) is 0 Å². The minimum Gasteiger partial charge on any atom is -0.503 e. The fraction of sp³-hybridized carbons (Fsp3) is 0.136. The number of hydrogen-bond acceptors (Lipinski definition) is 5. The van der Waals surface area contributed by atoms with Gasteiger partial charge in [0.15, 0.2) is 5.76 Å². The predicted molar refractivity (Wildman–Crippen MR) is 109 cm³/mol. The Labute approximate surface area is 166 Å². The van der Waals surface area contributed by atoms with Gasteiger partial charge < -0.3 is 5.11 Å². The van der Waals surface area contributed by atoms with Crippen LogP contribution in [0.3, 0.4) is 0 Å². The first-order valence-electron chi connectivity index (χ1n) is 8.81. The first-order chi connectivity index (χ1) is 13.5. The number of amides is 1. The highest BCUT2D eigenvalue weighted by Gasteiger charge is 2.44. The van der Waals surface area contributed by atoms with E-state index < -0.39 is 17.7 Å². The molecule has 5 nitrogen and oxygen atoms in total. The molecule has 0 bridgehead atoms. The molecule has 2 aromatic heterocycles. The van der Waals surface area contributed by atoms with Crippen molar-refractivity contribution in [2.24, 2.45) is 0 Å². The van der Waals surface area contributed by atoms with Crippen LogP contribution in [0, 0.1) is 13.8 Å². The Bertz CT molecular complexity index is 1090. The summed E-state index contributed by atoms with van der Waals surface area (Å²) in [5, 5.41) is 12.5. The molecule has 0 fully saturated rings. The Kier molecular flexibility index (Phi) is 4.57. The van der Waals surface area contributed by atoms with E-state index >= 15 is 0 Å². The number of carbonyl (C=O) groups excluding carboxylic acids is 2. The lowest BCUT2D eigenvalue weighted by Gasteiger charge is -2.27. The fourth-order valence-corrected chi connectivity index (χ4v) is 4.06. The van der Waals surface area contributed by atoms with E-state index in [4.69, 9.17) is 0 Å². The number of aromatic nitrogens is 1. The molecule has 0 saturated heterocycles. The Balaban J connectivity index is 1.89. The topological polar surface area (TPSA) is 70.5 Å². The molecule has 1 atom stereocenters. The van der Waals surface area contributed by atoms with Gasteiger partial charge in [0.2, 0.25) is 5.78 Å². The van der Waals surface area contributed by atoms with E-state index in [0.717, 1.165) is 11.1 Å². The maximum absolute atomic E-state index is 13.1. The molecule has 0 aliphatic carbocycles. The largest absolute Gasteiger partial charge is 0.503 e. The van der Waals surface area contributed by atoms with Gasteiger partial charge in [0.25, 0.3) is 5.91 Å². The number of benzene rings is 1. The molecule has 1 aliphatic heterocycles. The monoisotopic (exact) mass is 390 g/mol. The zero-order valence-electron chi connectivity index (χ0n) is 15.4. The Morgan fingerprint density at radius 2 is 1.86 bits per heavy atom. The van der Waals surface area contributed by atoms with Gasteiger partial charge in [0, 0.05) is 18.1 Å². The van der Waals surface area contributed by atoms with Crippen molar-refractivity contribution in [1.82, 2.24) is 4.98 Å². The highest BCUT2D eigenvalue weighted by molar-refractivity contribution is 7.12. The van der Waals surface area contributed by atoms with Crippen molar-refractivity contribution in [2.75, 3.05) is 4.90 Å². The number of hydrogen-bond donors (Lipinski definition) is 1. The molecule has 1 aliphatic rings. The fourth-order valence-electron chi connectivity index (χ4n) is 3.38. The third kappa shape index (κ3) is 2.92.